The van der Waals surface area contributed by atoms with Crippen LogP contribution in [0.5, 0.6) is 0 Å². The smallest absolute Gasteiger partial charge is 0.111 e. The van der Waals surface area contributed by atoms with Gasteiger partial charge in [-0.05, 0) is 92.1 Å². The van der Waals surface area contributed by atoms with Gasteiger partial charge in [0.25, 0.3) is 0 Å². The molecule has 198 valence electrons. The van der Waals surface area contributed by atoms with E-state index < -0.39 is 12.9 Å². The molecule has 7 aromatic carbocycles. The third kappa shape index (κ3) is 3.92. The van der Waals surface area contributed by atoms with Gasteiger partial charge in [0, 0.05) is 9.80 Å². The van der Waals surface area contributed by atoms with Gasteiger partial charge in [-0.2, -0.15) is 0 Å². The minimum absolute atomic E-state index is 0.0150. The molecule has 2 heteroatoms. The molecule has 2 nitrogen and oxygen atoms in total. The Labute approximate surface area is 256 Å². The molecule has 8 aromatic rings. The predicted octanol–water partition coefficient (Wildman–Crippen LogP) is 10.6. The van der Waals surface area contributed by atoms with Crippen LogP contribution in [-0.4, -0.2) is 9.55 Å². The van der Waals surface area contributed by atoms with Crippen LogP contribution in [0.25, 0.3) is 71.6 Å². The molecule has 0 aliphatic carbocycles. The van der Waals surface area contributed by atoms with Crippen molar-refractivity contribution in [1.29, 1.82) is 0 Å². The number of aromatic nitrogens is 2. The number of para-hydroxylation sites is 2. The van der Waals surface area contributed by atoms with Gasteiger partial charge in [-0.1, -0.05) is 121 Å². The average Bonchev–Trinajstić information content (AvgIpc) is 3.54. The molecule has 0 spiro atoms. The Hall–Kier alpha value is -5.47. The molecule has 0 atom stereocenters. The predicted molar refractivity (Wildman–Crippen MR) is 177 cm³/mol. The fourth-order valence-electron chi connectivity index (χ4n) is 6.01. The first-order chi connectivity index (χ1) is 24.0. The number of imidazole rings is 1. The quantitative estimate of drug-likeness (QED) is 0.202. The van der Waals surface area contributed by atoms with Crippen LogP contribution in [0.3, 0.4) is 0 Å². The Bertz CT molecular complexity index is 2600. The van der Waals surface area contributed by atoms with E-state index in [2.05, 4.69) is 4.98 Å². The van der Waals surface area contributed by atoms with Crippen LogP contribution in [0.15, 0.2) is 152 Å². The Morgan fingerprint density at radius 2 is 1.19 bits per heavy atom. The lowest BCUT2D eigenvalue weighted by Gasteiger charge is -2.19. The van der Waals surface area contributed by atoms with E-state index >= 15 is 0 Å². The van der Waals surface area contributed by atoms with Crippen molar-refractivity contribution in [2.75, 3.05) is 0 Å². The third-order valence-corrected chi connectivity index (χ3v) is 7.86. The summed E-state index contributed by atoms with van der Waals surface area (Å²) in [7, 11) is 0. The average molecular weight is 545 g/mol. The van der Waals surface area contributed by atoms with E-state index in [1.165, 1.54) is 0 Å². The molecule has 0 aliphatic heterocycles. The van der Waals surface area contributed by atoms with Crippen molar-refractivity contribution in [2.45, 2.75) is 6.85 Å². The van der Waals surface area contributed by atoms with Crippen LogP contribution in [0.4, 0.5) is 0 Å². The summed E-state index contributed by atoms with van der Waals surface area (Å²) in [5.41, 5.74) is 6.34. The molecular weight excluding hydrogens is 508 g/mol. The Morgan fingerprint density at radius 1 is 0.548 bits per heavy atom. The second-order valence-corrected chi connectivity index (χ2v) is 10.2. The zero-order valence-corrected chi connectivity index (χ0v) is 22.4. The summed E-state index contributed by atoms with van der Waals surface area (Å²) in [6.07, 6.45) is 0. The number of nitrogens with zero attached hydrogens (tertiary/aromatic N) is 2. The topological polar surface area (TPSA) is 17.8 Å². The molecule has 0 N–H and O–H groups in total. The zero-order chi connectivity index (χ0) is 34.9. The molecule has 0 radical (unpaired) electrons. The highest BCUT2D eigenvalue weighted by molar-refractivity contribution is 6.22. The van der Waals surface area contributed by atoms with E-state index in [-0.39, 0.29) is 35.6 Å². The summed E-state index contributed by atoms with van der Waals surface area (Å²) in [5.74, 6) is -0.0150. The summed E-state index contributed by atoms with van der Waals surface area (Å²) in [6, 6.07) is 37.0. The van der Waals surface area contributed by atoms with Crippen molar-refractivity contribution in [3.05, 3.63) is 157 Å². The number of rotatable bonds is 4. The number of hydrogen-bond donors (Lipinski definition) is 0. The number of fused-ring (bicyclic) bond motifs is 3. The summed E-state index contributed by atoms with van der Waals surface area (Å²) in [6.45, 7) is -2.43. The Kier molecular flexibility index (Phi) is 4.08. The third-order valence-electron chi connectivity index (χ3n) is 7.86. The first-order valence-electron chi connectivity index (χ1n) is 17.7. The van der Waals surface area contributed by atoms with Gasteiger partial charge in [0.2, 0.25) is 0 Å². The number of hydrogen-bond acceptors (Lipinski definition) is 1. The minimum Gasteiger partial charge on any atom is -0.297 e. The molecule has 1 aromatic heterocycles. The zero-order valence-electron chi connectivity index (χ0n) is 30.4. The molecule has 0 fully saturated rings. The molecule has 1 heterocycles. The molecule has 0 saturated heterocycles. The fourth-order valence-corrected chi connectivity index (χ4v) is 6.01. The van der Waals surface area contributed by atoms with Crippen LogP contribution in [0.1, 0.15) is 16.8 Å². The highest BCUT2D eigenvalue weighted by Crippen LogP contribution is 2.44. The van der Waals surface area contributed by atoms with Crippen molar-refractivity contribution in [2.24, 2.45) is 0 Å². The van der Waals surface area contributed by atoms with Gasteiger partial charge in [0.05, 0.1) is 17.9 Å². The van der Waals surface area contributed by atoms with E-state index in [0.717, 1.165) is 43.8 Å². The standard InChI is InChI=1S/C40H28N2/c1-27-41-37-18-10-11-19-38(37)42(27)32-23-20-30(21-24-32)39-33-16-8-9-17-34(33)40(29-14-6-3-7-15-29)36-26-31(22-25-35(36)39)28-12-4-2-5-13-28/h2-26H,1H3/i1D3,3D,6D,7D,14D,15D. The van der Waals surface area contributed by atoms with Gasteiger partial charge >= 0.3 is 0 Å². The van der Waals surface area contributed by atoms with Gasteiger partial charge in [0.15, 0.2) is 0 Å². The lowest BCUT2D eigenvalue weighted by Crippen LogP contribution is -1.97. The first-order valence-corrected chi connectivity index (χ1v) is 13.7. The monoisotopic (exact) mass is 544 g/mol. The van der Waals surface area contributed by atoms with Crippen LogP contribution in [0.2, 0.25) is 0 Å². The SMILES string of the molecule is [2H]c1c([2H])c([2H])c(-c2c3ccccc3c(-c3ccc(-n4c(C([2H])([2H])[2H])nc5ccccc54)cc3)c3ccc(-c4ccccc4)cc23)c([2H])c1[2H]. The van der Waals surface area contributed by atoms with Crippen LogP contribution in [-0.2, 0) is 0 Å². The molecule has 0 amide bonds. The van der Waals surface area contributed by atoms with E-state index in [9.17, 15) is 0 Å². The molecule has 0 aliphatic rings. The van der Waals surface area contributed by atoms with Crippen molar-refractivity contribution in [3.8, 4) is 39.1 Å². The number of aryl methyl sites for hydroxylation is 1. The van der Waals surface area contributed by atoms with Gasteiger partial charge < -0.3 is 0 Å². The summed E-state index contributed by atoms with van der Waals surface area (Å²) in [5, 5.41) is 3.17. The molecule has 0 unspecified atom stereocenters. The second-order valence-electron chi connectivity index (χ2n) is 10.2. The molecule has 0 bridgehead atoms. The van der Waals surface area contributed by atoms with Gasteiger partial charge in [-0.3, -0.25) is 4.57 Å². The lowest BCUT2D eigenvalue weighted by molar-refractivity contribution is 1.00. The van der Waals surface area contributed by atoms with Crippen molar-refractivity contribution < 1.29 is 11.0 Å². The fraction of sp³-hybridized carbons (Fsp3) is 0.0250. The first kappa shape index (κ1) is 17.4. The van der Waals surface area contributed by atoms with E-state index in [1.807, 2.05) is 115 Å². The maximum atomic E-state index is 8.95. The minimum atomic E-state index is -2.43. The summed E-state index contributed by atoms with van der Waals surface area (Å²) in [4.78, 5) is 4.46. The van der Waals surface area contributed by atoms with Crippen LogP contribution < -0.4 is 0 Å². The van der Waals surface area contributed by atoms with Crippen LogP contribution >= 0.6 is 0 Å². The second kappa shape index (κ2) is 9.87. The normalized spacial score (nSPS) is 14.5. The van der Waals surface area contributed by atoms with Crippen LogP contribution in [0, 0.1) is 6.85 Å². The maximum Gasteiger partial charge on any atom is 0.111 e. The van der Waals surface area contributed by atoms with Gasteiger partial charge in [-0.25, -0.2) is 4.98 Å². The van der Waals surface area contributed by atoms with Crippen molar-refractivity contribution in [1.82, 2.24) is 9.55 Å². The highest BCUT2D eigenvalue weighted by atomic mass is 15.1. The summed E-state index contributed by atoms with van der Waals surface area (Å²) >= 11 is 0. The summed E-state index contributed by atoms with van der Waals surface area (Å²) < 4.78 is 69.3. The van der Waals surface area contributed by atoms with E-state index in [0.29, 0.717) is 22.3 Å². The van der Waals surface area contributed by atoms with Crippen molar-refractivity contribution in [3.63, 3.8) is 0 Å². The molecule has 8 rings (SSSR count). The van der Waals surface area contributed by atoms with Gasteiger partial charge in [-0.15, -0.1) is 0 Å². The largest absolute Gasteiger partial charge is 0.297 e. The number of benzene rings is 7. The van der Waals surface area contributed by atoms with E-state index in [1.54, 1.807) is 10.6 Å². The van der Waals surface area contributed by atoms with Gasteiger partial charge in [0.1, 0.15) is 5.82 Å². The highest BCUT2D eigenvalue weighted by Gasteiger charge is 2.18. The Morgan fingerprint density at radius 3 is 1.95 bits per heavy atom. The Balaban J connectivity index is 1.44. The molecular formula is C40H28N2. The molecule has 0 saturated carbocycles. The van der Waals surface area contributed by atoms with E-state index in [4.69, 9.17) is 11.0 Å². The lowest BCUT2D eigenvalue weighted by atomic mass is 9.85. The maximum absolute atomic E-state index is 8.95. The van der Waals surface area contributed by atoms with Crippen molar-refractivity contribution >= 4 is 32.6 Å². The molecule has 42 heavy (non-hydrogen) atoms.